The van der Waals surface area contributed by atoms with Crippen LogP contribution in [0.1, 0.15) is 63.8 Å². The van der Waals surface area contributed by atoms with Crippen molar-refractivity contribution in [3.05, 3.63) is 162 Å². The highest BCUT2D eigenvalue weighted by atomic mass is 15.0. The second-order valence-corrected chi connectivity index (χ2v) is 19.5. The van der Waals surface area contributed by atoms with E-state index in [0.29, 0.717) is 0 Å². The number of hydrogen-bond donors (Lipinski definition) is 0. The van der Waals surface area contributed by atoms with E-state index in [1.165, 1.54) is 127 Å². The standard InChI is InChI=1S/C56H47BN2/c1-32-18-19-33(2)42(24-32)37-26-44-47-31-39(56(6,7)8)30-46-43-29-38(55(3,4)5)21-23-49(43)59(53(46)47)57-48-27-36(34-14-10-9-11-15-34)25-45-41-22-20-35-16-12-13-17-40(35)52(41)58(54(45)48)50(28-37)51(44)57/h9-31H,1-8H3. The van der Waals surface area contributed by atoms with Gasteiger partial charge in [-0.05, 0) is 128 Å². The van der Waals surface area contributed by atoms with Gasteiger partial charge in [0.15, 0.2) is 0 Å². The van der Waals surface area contributed by atoms with E-state index in [1.807, 2.05) is 0 Å². The highest BCUT2D eigenvalue weighted by Gasteiger charge is 2.43. The minimum absolute atomic E-state index is 0.0225. The maximum Gasteiger partial charge on any atom is 0.333 e. The maximum atomic E-state index is 2.74. The van der Waals surface area contributed by atoms with E-state index in [1.54, 1.807) is 0 Å². The van der Waals surface area contributed by atoms with Gasteiger partial charge >= 0.3 is 6.85 Å². The summed E-state index contributed by atoms with van der Waals surface area (Å²) in [5.74, 6) is 0. The molecule has 0 aliphatic carbocycles. The van der Waals surface area contributed by atoms with Gasteiger partial charge in [0.2, 0.25) is 0 Å². The Morgan fingerprint density at radius 2 is 1.20 bits per heavy atom. The third kappa shape index (κ3) is 4.76. The fourth-order valence-corrected chi connectivity index (χ4v) is 10.7. The van der Waals surface area contributed by atoms with E-state index in [2.05, 4.69) is 204 Å². The number of rotatable bonds is 2. The van der Waals surface area contributed by atoms with E-state index in [4.69, 9.17) is 0 Å². The van der Waals surface area contributed by atoms with Gasteiger partial charge in [-0.1, -0.05) is 144 Å². The largest absolute Gasteiger partial charge is 0.375 e. The van der Waals surface area contributed by atoms with E-state index in [-0.39, 0.29) is 17.7 Å². The molecule has 59 heavy (non-hydrogen) atoms. The summed E-state index contributed by atoms with van der Waals surface area (Å²) in [4.78, 5) is 0. The predicted octanol–water partition coefficient (Wildman–Crippen LogP) is 13.5. The molecule has 2 aromatic heterocycles. The fraction of sp³-hybridized carbons (Fsp3) is 0.179. The summed E-state index contributed by atoms with van der Waals surface area (Å²) in [5.41, 5.74) is 22.3. The Morgan fingerprint density at radius 3 is 2.00 bits per heavy atom. The second kappa shape index (κ2) is 11.7. The van der Waals surface area contributed by atoms with Gasteiger partial charge in [-0.25, -0.2) is 0 Å². The van der Waals surface area contributed by atoms with E-state index < -0.39 is 0 Å². The van der Waals surface area contributed by atoms with Gasteiger partial charge in [0.1, 0.15) is 0 Å². The lowest BCUT2D eigenvalue weighted by atomic mass is 9.45. The van der Waals surface area contributed by atoms with E-state index >= 15 is 0 Å². The van der Waals surface area contributed by atoms with Crippen molar-refractivity contribution in [3.8, 4) is 39.1 Å². The zero-order chi connectivity index (χ0) is 40.3. The summed E-state index contributed by atoms with van der Waals surface area (Å²) in [6, 6.07) is 54.0. The average molecular weight is 759 g/mol. The molecule has 2 aliphatic heterocycles. The molecule has 12 rings (SSSR count). The van der Waals surface area contributed by atoms with Crippen LogP contribution in [-0.4, -0.2) is 15.9 Å². The third-order valence-electron chi connectivity index (χ3n) is 13.7. The highest BCUT2D eigenvalue weighted by molar-refractivity contribution is 6.90. The average Bonchev–Trinajstić information content (AvgIpc) is 3.74. The van der Waals surface area contributed by atoms with Crippen molar-refractivity contribution in [2.45, 2.75) is 66.2 Å². The van der Waals surface area contributed by atoms with Crippen LogP contribution in [0, 0.1) is 13.8 Å². The third-order valence-corrected chi connectivity index (χ3v) is 13.7. The number of aromatic nitrogens is 2. The lowest BCUT2D eigenvalue weighted by molar-refractivity contribution is 0.590. The quantitative estimate of drug-likeness (QED) is 0.155. The van der Waals surface area contributed by atoms with Gasteiger partial charge in [-0.3, -0.25) is 0 Å². The predicted molar refractivity (Wildman–Crippen MR) is 255 cm³/mol. The van der Waals surface area contributed by atoms with Crippen LogP contribution in [0.25, 0.3) is 93.5 Å². The van der Waals surface area contributed by atoms with Gasteiger partial charge < -0.3 is 9.05 Å². The molecule has 10 aromatic rings. The van der Waals surface area contributed by atoms with E-state index in [0.717, 1.165) is 0 Å². The van der Waals surface area contributed by atoms with Gasteiger partial charge in [-0.15, -0.1) is 0 Å². The lowest BCUT2D eigenvalue weighted by Crippen LogP contribution is -2.55. The summed E-state index contributed by atoms with van der Waals surface area (Å²) in [6.07, 6.45) is 0. The first-order chi connectivity index (χ1) is 28.3. The first-order valence-electron chi connectivity index (χ1n) is 21.3. The van der Waals surface area contributed by atoms with Crippen molar-refractivity contribution in [2.75, 3.05) is 0 Å². The van der Waals surface area contributed by atoms with Crippen LogP contribution in [0.3, 0.4) is 0 Å². The molecule has 2 nitrogen and oxygen atoms in total. The molecule has 0 saturated heterocycles. The van der Waals surface area contributed by atoms with Crippen molar-refractivity contribution in [1.82, 2.24) is 9.05 Å². The Kier molecular flexibility index (Phi) is 6.86. The summed E-state index contributed by atoms with van der Waals surface area (Å²) in [5, 5.41) is 7.85. The molecular formula is C56H47BN2. The second-order valence-electron chi connectivity index (χ2n) is 19.5. The molecule has 0 N–H and O–H groups in total. The molecule has 3 heteroatoms. The zero-order valence-electron chi connectivity index (χ0n) is 35.3. The number of hydrogen-bond acceptors (Lipinski definition) is 0. The van der Waals surface area contributed by atoms with Crippen molar-refractivity contribution in [2.24, 2.45) is 0 Å². The minimum Gasteiger partial charge on any atom is -0.375 e. The zero-order valence-corrected chi connectivity index (χ0v) is 35.3. The van der Waals surface area contributed by atoms with Crippen LogP contribution in [0.2, 0.25) is 0 Å². The Bertz CT molecular complexity index is 3470. The summed E-state index contributed by atoms with van der Waals surface area (Å²) in [6.45, 7) is 18.6. The molecule has 0 fully saturated rings. The van der Waals surface area contributed by atoms with Gasteiger partial charge in [0, 0.05) is 49.2 Å². The minimum atomic E-state index is -0.0404. The molecule has 2 aliphatic rings. The molecule has 0 amide bonds. The maximum absolute atomic E-state index is 2.74. The molecule has 0 saturated carbocycles. The molecule has 0 spiro atoms. The Balaban J connectivity index is 1.34. The van der Waals surface area contributed by atoms with Gasteiger partial charge in [0.25, 0.3) is 0 Å². The van der Waals surface area contributed by atoms with Crippen LogP contribution in [0.5, 0.6) is 0 Å². The van der Waals surface area contributed by atoms with Crippen LogP contribution in [0.15, 0.2) is 140 Å². The smallest absolute Gasteiger partial charge is 0.333 e. The number of nitrogens with zero attached hydrogens (tertiary/aromatic N) is 2. The Hall–Kier alpha value is -6.32. The van der Waals surface area contributed by atoms with Crippen molar-refractivity contribution in [1.29, 1.82) is 0 Å². The molecule has 0 radical (unpaired) electrons. The number of benzene rings is 8. The SMILES string of the molecule is Cc1ccc(C)c(-c2cc3c4c(c2)-n2c5c(cc(-c6ccccc6)cc5c5ccc6ccccc6c52)B4n2c4ccc(C(C)(C)C)cc4c4cc(C(C)(C)C)cc-3c42)c1. The topological polar surface area (TPSA) is 9.86 Å². The molecule has 0 bridgehead atoms. The first-order valence-corrected chi connectivity index (χ1v) is 21.3. The van der Waals surface area contributed by atoms with E-state index in [9.17, 15) is 0 Å². The molecule has 0 unspecified atom stereocenters. The number of aryl methyl sites for hydroxylation is 2. The van der Waals surface area contributed by atoms with Crippen LogP contribution in [-0.2, 0) is 10.8 Å². The van der Waals surface area contributed by atoms with Crippen LogP contribution >= 0.6 is 0 Å². The normalized spacial score (nSPS) is 13.4. The summed E-state index contributed by atoms with van der Waals surface area (Å²) in [7, 11) is 0. The van der Waals surface area contributed by atoms with Crippen LogP contribution in [0.4, 0.5) is 0 Å². The molecule has 284 valence electrons. The molecule has 8 aromatic carbocycles. The monoisotopic (exact) mass is 758 g/mol. The van der Waals surface area contributed by atoms with Crippen molar-refractivity contribution in [3.63, 3.8) is 0 Å². The van der Waals surface area contributed by atoms with Gasteiger partial charge in [0.05, 0.1) is 11.0 Å². The number of fused-ring (bicyclic) bond motifs is 12. The fourth-order valence-electron chi connectivity index (χ4n) is 10.7. The Labute approximate surface area is 346 Å². The first kappa shape index (κ1) is 34.7. The van der Waals surface area contributed by atoms with Crippen LogP contribution < -0.4 is 10.9 Å². The molecular weight excluding hydrogens is 711 g/mol. The molecule has 0 atom stereocenters. The van der Waals surface area contributed by atoms with Crippen molar-refractivity contribution < 1.29 is 0 Å². The lowest BCUT2D eigenvalue weighted by Gasteiger charge is -2.35. The van der Waals surface area contributed by atoms with Crippen molar-refractivity contribution >= 4 is 72.2 Å². The summed E-state index contributed by atoms with van der Waals surface area (Å²) < 4.78 is 5.41. The van der Waals surface area contributed by atoms with Gasteiger partial charge in [-0.2, -0.15) is 0 Å². The molecule has 4 heterocycles. The highest BCUT2D eigenvalue weighted by Crippen LogP contribution is 2.48. The summed E-state index contributed by atoms with van der Waals surface area (Å²) >= 11 is 0. The Morgan fingerprint density at radius 1 is 0.458 bits per heavy atom.